The smallest absolute Gasteiger partial charge is 0.242 e. The molecule has 1 aromatic heterocycles. The molecule has 1 aromatic rings. The van der Waals surface area contributed by atoms with Crippen molar-refractivity contribution in [2.24, 2.45) is 0 Å². The molecule has 2 heterocycles. The van der Waals surface area contributed by atoms with Gasteiger partial charge in [-0.1, -0.05) is 0 Å². The number of nitrogens with one attached hydrogen (secondary N) is 1. The first-order valence-corrected chi connectivity index (χ1v) is 7.40. The zero-order valence-electron chi connectivity index (χ0n) is 12.2. The van der Waals surface area contributed by atoms with E-state index in [0.29, 0.717) is 31.5 Å². The number of rotatable bonds is 4. The van der Waals surface area contributed by atoms with Gasteiger partial charge in [0.2, 0.25) is 5.91 Å². The third-order valence-corrected chi connectivity index (χ3v) is 4.23. The molecule has 1 aliphatic heterocycles. The van der Waals surface area contributed by atoms with Gasteiger partial charge in [0.05, 0.1) is 25.3 Å². The predicted octanol–water partition coefficient (Wildman–Crippen LogP) is 0.212. The number of aliphatic hydroxyl groups excluding tert-OH is 1. The molecule has 7 nitrogen and oxygen atoms in total. The highest BCUT2D eigenvalue weighted by molar-refractivity contribution is 5.84. The quantitative estimate of drug-likeness (QED) is 0.825. The number of nitrogens with zero attached hydrogens (tertiary/aromatic N) is 4. The SMILES string of the molecule is CN1CC(=O)N(C2CCC2)Cc2c(NCCO)ncnc21. The number of carbonyl (C=O) groups is 1. The van der Waals surface area contributed by atoms with Crippen molar-refractivity contribution in [1.82, 2.24) is 14.9 Å². The number of aromatic nitrogens is 2. The van der Waals surface area contributed by atoms with E-state index in [1.54, 1.807) is 0 Å². The van der Waals surface area contributed by atoms with Crippen molar-refractivity contribution in [3.05, 3.63) is 11.9 Å². The number of hydrogen-bond acceptors (Lipinski definition) is 6. The fourth-order valence-corrected chi connectivity index (χ4v) is 2.86. The summed E-state index contributed by atoms with van der Waals surface area (Å²) in [5.74, 6) is 1.65. The largest absolute Gasteiger partial charge is 0.395 e. The van der Waals surface area contributed by atoms with Crippen LogP contribution in [0.4, 0.5) is 11.6 Å². The number of aliphatic hydroxyl groups is 1. The van der Waals surface area contributed by atoms with E-state index >= 15 is 0 Å². The van der Waals surface area contributed by atoms with Gasteiger partial charge in [0.15, 0.2) is 0 Å². The van der Waals surface area contributed by atoms with Crippen LogP contribution in [0.15, 0.2) is 6.33 Å². The lowest BCUT2D eigenvalue weighted by atomic mass is 9.91. The van der Waals surface area contributed by atoms with Crippen LogP contribution < -0.4 is 10.2 Å². The van der Waals surface area contributed by atoms with E-state index in [4.69, 9.17) is 5.11 Å². The molecular weight excluding hydrogens is 270 g/mol. The number of hydrogen-bond donors (Lipinski definition) is 2. The van der Waals surface area contributed by atoms with E-state index in [9.17, 15) is 4.79 Å². The average Bonchev–Trinajstić information content (AvgIpc) is 2.53. The first kappa shape index (κ1) is 14.1. The summed E-state index contributed by atoms with van der Waals surface area (Å²) in [5, 5.41) is 12.1. The molecule has 1 saturated carbocycles. The highest BCUT2D eigenvalue weighted by atomic mass is 16.3. The number of amides is 1. The summed E-state index contributed by atoms with van der Waals surface area (Å²) in [4.78, 5) is 24.9. The Hall–Kier alpha value is -1.89. The summed E-state index contributed by atoms with van der Waals surface area (Å²) >= 11 is 0. The maximum Gasteiger partial charge on any atom is 0.242 e. The number of fused-ring (bicyclic) bond motifs is 1. The van der Waals surface area contributed by atoms with Crippen molar-refractivity contribution >= 4 is 17.5 Å². The van der Waals surface area contributed by atoms with Crippen LogP contribution in [0.25, 0.3) is 0 Å². The van der Waals surface area contributed by atoms with Crippen molar-refractivity contribution in [2.75, 3.05) is 37.0 Å². The summed E-state index contributed by atoms with van der Waals surface area (Å²) in [6.07, 6.45) is 4.85. The first-order valence-electron chi connectivity index (χ1n) is 7.40. The summed E-state index contributed by atoms with van der Waals surface area (Å²) < 4.78 is 0. The number of anilines is 2. The van der Waals surface area contributed by atoms with Gasteiger partial charge in [0.1, 0.15) is 18.0 Å². The second-order valence-electron chi connectivity index (χ2n) is 5.64. The number of likely N-dealkylation sites (N-methyl/N-ethyl adjacent to an activating group) is 1. The first-order chi connectivity index (χ1) is 10.2. The second kappa shape index (κ2) is 5.85. The van der Waals surface area contributed by atoms with Crippen molar-refractivity contribution in [2.45, 2.75) is 31.8 Å². The molecular formula is C14H21N5O2. The molecule has 2 N–H and O–H groups in total. The zero-order valence-corrected chi connectivity index (χ0v) is 12.2. The molecule has 3 rings (SSSR count). The van der Waals surface area contributed by atoms with E-state index in [-0.39, 0.29) is 12.5 Å². The Bertz CT molecular complexity index is 532. The minimum Gasteiger partial charge on any atom is -0.395 e. The van der Waals surface area contributed by atoms with Crippen LogP contribution in [0.1, 0.15) is 24.8 Å². The second-order valence-corrected chi connectivity index (χ2v) is 5.64. The van der Waals surface area contributed by atoms with Gasteiger partial charge >= 0.3 is 0 Å². The minimum absolute atomic E-state index is 0.0416. The Morgan fingerprint density at radius 2 is 2.19 bits per heavy atom. The van der Waals surface area contributed by atoms with Crippen molar-refractivity contribution < 1.29 is 9.90 Å². The average molecular weight is 291 g/mol. The van der Waals surface area contributed by atoms with Crippen molar-refractivity contribution in [3.63, 3.8) is 0 Å². The van der Waals surface area contributed by atoms with Gasteiger partial charge in [-0.3, -0.25) is 4.79 Å². The van der Waals surface area contributed by atoms with Gasteiger partial charge in [-0.15, -0.1) is 0 Å². The fraction of sp³-hybridized carbons (Fsp3) is 0.643. The topological polar surface area (TPSA) is 81.6 Å². The van der Waals surface area contributed by atoms with Gasteiger partial charge in [-0.25, -0.2) is 9.97 Å². The van der Waals surface area contributed by atoms with Gasteiger partial charge in [0, 0.05) is 19.6 Å². The van der Waals surface area contributed by atoms with E-state index in [2.05, 4.69) is 15.3 Å². The normalized spacial score (nSPS) is 19.0. The minimum atomic E-state index is 0.0416. The summed E-state index contributed by atoms with van der Waals surface area (Å²) in [6, 6.07) is 0.350. The van der Waals surface area contributed by atoms with Crippen molar-refractivity contribution in [1.29, 1.82) is 0 Å². The molecule has 21 heavy (non-hydrogen) atoms. The molecule has 1 fully saturated rings. The lowest BCUT2D eigenvalue weighted by molar-refractivity contribution is -0.134. The van der Waals surface area contributed by atoms with E-state index in [1.807, 2.05) is 16.8 Å². The fourth-order valence-electron chi connectivity index (χ4n) is 2.86. The molecule has 2 aliphatic rings. The van der Waals surface area contributed by atoms with E-state index < -0.39 is 0 Å². The van der Waals surface area contributed by atoms with Crippen LogP contribution in [0, 0.1) is 0 Å². The molecule has 114 valence electrons. The molecule has 1 aliphatic carbocycles. The molecule has 0 spiro atoms. The Labute approximate surface area is 124 Å². The molecule has 1 amide bonds. The van der Waals surface area contributed by atoms with Crippen molar-refractivity contribution in [3.8, 4) is 0 Å². The predicted molar refractivity (Wildman–Crippen MR) is 79.1 cm³/mol. The van der Waals surface area contributed by atoms with Crippen LogP contribution >= 0.6 is 0 Å². The van der Waals surface area contributed by atoms with Gasteiger partial charge in [0.25, 0.3) is 0 Å². The standard InChI is InChI=1S/C14H21N5O2/c1-18-8-12(21)19(10-3-2-4-10)7-11-13(15-5-6-20)16-9-17-14(11)18/h9-10,20H,2-8H2,1H3,(H,15,16,17). The zero-order chi connectivity index (χ0) is 14.8. The molecule has 0 bridgehead atoms. The molecule has 7 heteroatoms. The molecule has 0 atom stereocenters. The Morgan fingerprint density at radius 1 is 1.38 bits per heavy atom. The van der Waals surface area contributed by atoms with Crippen LogP contribution in [0.3, 0.4) is 0 Å². The highest BCUT2D eigenvalue weighted by Gasteiger charge is 2.33. The molecule has 0 aromatic carbocycles. The maximum atomic E-state index is 12.4. The van der Waals surface area contributed by atoms with Crippen LogP contribution in [-0.2, 0) is 11.3 Å². The number of carbonyl (C=O) groups excluding carboxylic acids is 1. The molecule has 0 radical (unpaired) electrons. The van der Waals surface area contributed by atoms with E-state index in [0.717, 1.165) is 24.2 Å². The lowest BCUT2D eigenvalue weighted by Gasteiger charge is -2.37. The molecule has 0 unspecified atom stereocenters. The maximum absolute atomic E-state index is 12.4. The van der Waals surface area contributed by atoms with Gasteiger partial charge in [-0.05, 0) is 19.3 Å². The van der Waals surface area contributed by atoms with Gasteiger partial charge in [-0.2, -0.15) is 0 Å². The molecule has 0 saturated heterocycles. The summed E-state index contributed by atoms with van der Waals surface area (Å²) in [7, 11) is 1.88. The van der Waals surface area contributed by atoms with Crippen LogP contribution in [0.5, 0.6) is 0 Å². The summed E-state index contributed by atoms with van der Waals surface area (Å²) in [6.45, 7) is 1.36. The highest BCUT2D eigenvalue weighted by Crippen LogP contribution is 2.32. The Balaban J connectivity index is 1.93. The van der Waals surface area contributed by atoms with E-state index in [1.165, 1.54) is 12.7 Å². The summed E-state index contributed by atoms with van der Waals surface area (Å²) in [5.41, 5.74) is 0.936. The lowest BCUT2D eigenvalue weighted by Crippen LogP contribution is -2.45. The Morgan fingerprint density at radius 3 is 2.86 bits per heavy atom. The van der Waals surface area contributed by atoms with Gasteiger partial charge < -0.3 is 20.2 Å². The van der Waals surface area contributed by atoms with Crippen LogP contribution in [-0.4, -0.2) is 58.7 Å². The Kier molecular flexibility index (Phi) is 3.92. The monoisotopic (exact) mass is 291 g/mol. The third kappa shape index (κ3) is 2.65. The third-order valence-electron chi connectivity index (χ3n) is 4.23. The van der Waals surface area contributed by atoms with Crippen LogP contribution in [0.2, 0.25) is 0 Å².